The summed E-state index contributed by atoms with van der Waals surface area (Å²) in [4.78, 5) is 4.27. The molecule has 1 fully saturated rings. The van der Waals surface area contributed by atoms with Crippen LogP contribution in [0.2, 0.25) is 0 Å². The van der Waals surface area contributed by atoms with E-state index in [1.807, 2.05) is 0 Å². The summed E-state index contributed by atoms with van der Waals surface area (Å²) in [6.45, 7) is 2.07. The van der Waals surface area contributed by atoms with Crippen molar-refractivity contribution >= 4 is 15.9 Å². The average Bonchev–Trinajstić information content (AvgIpc) is 2.92. The summed E-state index contributed by atoms with van der Waals surface area (Å²) in [6.07, 6.45) is -0.224. The van der Waals surface area contributed by atoms with Crippen LogP contribution in [0.4, 0.5) is 4.39 Å². The van der Waals surface area contributed by atoms with Crippen molar-refractivity contribution in [1.29, 1.82) is 0 Å². The number of hydrogen-bond acceptors (Lipinski definition) is 5. The lowest BCUT2D eigenvalue weighted by Gasteiger charge is -2.20. The van der Waals surface area contributed by atoms with Crippen molar-refractivity contribution in [1.82, 2.24) is 15.5 Å². The number of rotatable bonds is 2. The molecule has 1 saturated heterocycles. The third-order valence-electron chi connectivity index (χ3n) is 2.84. The van der Waals surface area contributed by atoms with Gasteiger partial charge in [-0.1, -0.05) is 11.2 Å². The second kappa shape index (κ2) is 5.36. The van der Waals surface area contributed by atoms with Crippen LogP contribution in [0, 0.1) is 5.82 Å². The molecule has 1 aromatic heterocycles. The number of halogens is 2. The zero-order valence-electron chi connectivity index (χ0n) is 9.90. The van der Waals surface area contributed by atoms with E-state index in [9.17, 15) is 4.39 Å². The molecular weight excluding hydrogens is 317 g/mol. The lowest BCUT2D eigenvalue weighted by molar-refractivity contribution is 0.0208. The predicted molar refractivity (Wildman–Crippen MR) is 69.0 cm³/mol. The molecule has 1 N–H and O–H groups in total. The van der Waals surface area contributed by atoms with Crippen LogP contribution in [-0.2, 0) is 4.74 Å². The number of aromatic nitrogens is 2. The van der Waals surface area contributed by atoms with Crippen LogP contribution in [0.25, 0.3) is 11.5 Å². The van der Waals surface area contributed by atoms with Crippen LogP contribution in [0.5, 0.6) is 0 Å². The van der Waals surface area contributed by atoms with E-state index in [0.717, 1.165) is 6.54 Å². The summed E-state index contributed by atoms with van der Waals surface area (Å²) in [5.74, 6) is 0.377. The van der Waals surface area contributed by atoms with Crippen molar-refractivity contribution in [2.45, 2.75) is 6.10 Å². The summed E-state index contributed by atoms with van der Waals surface area (Å²) in [7, 11) is 0. The number of nitrogens with one attached hydrogen (secondary N) is 1. The van der Waals surface area contributed by atoms with Gasteiger partial charge in [0, 0.05) is 13.1 Å². The van der Waals surface area contributed by atoms with Crippen molar-refractivity contribution in [3.8, 4) is 11.5 Å². The maximum atomic E-state index is 13.5. The zero-order chi connectivity index (χ0) is 13.2. The number of hydrogen-bond donors (Lipinski definition) is 1. The molecule has 0 saturated carbocycles. The largest absolute Gasteiger partial charge is 0.367 e. The molecule has 1 aromatic carbocycles. The molecule has 1 aliphatic heterocycles. The Morgan fingerprint density at radius 1 is 1.42 bits per heavy atom. The lowest BCUT2D eigenvalue weighted by atomic mass is 10.2. The standard InChI is InChI=1S/C12H11BrFN3O2/c13-10-7(2-1-3-8(10)14)12-16-11(17-19-12)9-6-15-4-5-18-9/h1-3,9,15H,4-6H2. The minimum absolute atomic E-state index is 0.224. The Bertz CT molecular complexity index is 584. The Morgan fingerprint density at radius 2 is 2.32 bits per heavy atom. The normalized spacial score (nSPS) is 19.6. The van der Waals surface area contributed by atoms with Crippen molar-refractivity contribution in [2.75, 3.05) is 19.7 Å². The van der Waals surface area contributed by atoms with Gasteiger partial charge in [0.2, 0.25) is 5.82 Å². The van der Waals surface area contributed by atoms with Gasteiger partial charge >= 0.3 is 0 Å². The monoisotopic (exact) mass is 327 g/mol. The summed E-state index contributed by atoms with van der Waals surface area (Å²) >= 11 is 3.18. The van der Waals surface area contributed by atoms with Gasteiger partial charge in [0.15, 0.2) is 0 Å². The molecule has 100 valence electrons. The minimum Gasteiger partial charge on any atom is -0.367 e. The maximum absolute atomic E-state index is 13.5. The Kier molecular flexibility index (Phi) is 3.58. The number of ether oxygens (including phenoxy) is 1. The molecule has 0 bridgehead atoms. The van der Waals surface area contributed by atoms with E-state index in [1.54, 1.807) is 12.1 Å². The molecular formula is C12H11BrFN3O2. The SMILES string of the molecule is Fc1cccc(-c2nc(C3CNCCO3)no2)c1Br. The molecule has 2 heterocycles. The molecule has 3 rings (SSSR count). The minimum atomic E-state index is -0.368. The van der Waals surface area contributed by atoms with Crippen LogP contribution >= 0.6 is 15.9 Å². The first-order chi connectivity index (χ1) is 9.25. The molecule has 0 amide bonds. The average molecular weight is 328 g/mol. The molecule has 2 aromatic rings. The van der Waals surface area contributed by atoms with E-state index in [2.05, 4.69) is 31.4 Å². The number of benzene rings is 1. The Morgan fingerprint density at radius 3 is 3.11 bits per heavy atom. The van der Waals surface area contributed by atoms with Crippen molar-refractivity contribution < 1.29 is 13.7 Å². The van der Waals surface area contributed by atoms with Gasteiger partial charge in [0.1, 0.15) is 11.9 Å². The molecule has 0 aliphatic carbocycles. The van der Waals surface area contributed by atoms with Crippen LogP contribution in [0.1, 0.15) is 11.9 Å². The van der Waals surface area contributed by atoms with E-state index in [-0.39, 0.29) is 17.8 Å². The first-order valence-electron chi connectivity index (χ1n) is 5.86. The summed E-state index contributed by atoms with van der Waals surface area (Å²) in [5.41, 5.74) is 0.530. The Labute approximate surface area is 117 Å². The molecule has 0 spiro atoms. The Hall–Kier alpha value is -1.31. The van der Waals surface area contributed by atoms with E-state index in [4.69, 9.17) is 9.26 Å². The topological polar surface area (TPSA) is 60.2 Å². The highest BCUT2D eigenvalue weighted by Crippen LogP contribution is 2.30. The van der Waals surface area contributed by atoms with Gasteiger partial charge in [-0.05, 0) is 28.1 Å². The highest BCUT2D eigenvalue weighted by molar-refractivity contribution is 9.10. The molecule has 7 heteroatoms. The van der Waals surface area contributed by atoms with Crippen molar-refractivity contribution in [3.63, 3.8) is 0 Å². The second-order valence-electron chi connectivity index (χ2n) is 4.12. The number of morpholine rings is 1. The molecule has 5 nitrogen and oxygen atoms in total. The van der Waals surface area contributed by atoms with Gasteiger partial charge in [0.25, 0.3) is 5.89 Å². The fourth-order valence-electron chi connectivity index (χ4n) is 1.88. The lowest BCUT2D eigenvalue weighted by Crippen LogP contribution is -2.33. The smallest absolute Gasteiger partial charge is 0.259 e. The maximum Gasteiger partial charge on any atom is 0.259 e. The first kappa shape index (κ1) is 12.7. The van der Waals surface area contributed by atoms with Gasteiger partial charge in [-0.25, -0.2) is 4.39 Å². The van der Waals surface area contributed by atoms with Crippen molar-refractivity contribution in [2.24, 2.45) is 0 Å². The molecule has 1 unspecified atom stereocenters. The van der Waals surface area contributed by atoms with Gasteiger partial charge in [-0.15, -0.1) is 0 Å². The molecule has 1 aliphatic rings. The fraction of sp³-hybridized carbons (Fsp3) is 0.333. The quantitative estimate of drug-likeness (QED) is 0.917. The van der Waals surface area contributed by atoms with Gasteiger partial charge < -0.3 is 14.6 Å². The molecule has 19 heavy (non-hydrogen) atoms. The summed E-state index contributed by atoms with van der Waals surface area (Å²) in [6, 6.07) is 4.67. The highest BCUT2D eigenvalue weighted by atomic mass is 79.9. The van der Waals surface area contributed by atoms with Crippen LogP contribution in [0.15, 0.2) is 27.2 Å². The molecule has 1 atom stereocenters. The number of nitrogens with zero attached hydrogens (tertiary/aromatic N) is 2. The first-order valence-corrected chi connectivity index (χ1v) is 6.65. The summed E-state index contributed by atoms with van der Waals surface area (Å²) in [5, 5.41) is 7.08. The van der Waals surface area contributed by atoms with E-state index >= 15 is 0 Å². The molecule has 0 radical (unpaired) electrons. The van der Waals surface area contributed by atoms with E-state index in [1.165, 1.54) is 6.07 Å². The van der Waals surface area contributed by atoms with Crippen LogP contribution in [0.3, 0.4) is 0 Å². The van der Waals surface area contributed by atoms with Crippen LogP contribution in [-0.4, -0.2) is 29.8 Å². The second-order valence-corrected chi connectivity index (χ2v) is 4.92. The zero-order valence-corrected chi connectivity index (χ0v) is 11.5. The third-order valence-corrected chi connectivity index (χ3v) is 3.65. The Balaban J connectivity index is 1.90. The van der Waals surface area contributed by atoms with Gasteiger partial charge in [-0.2, -0.15) is 4.98 Å². The van der Waals surface area contributed by atoms with Gasteiger partial charge in [-0.3, -0.25) is 0 Å². The highest BCUT2D eigenvalue weighted by Gasteiger charge is 2.23. The van der Waals surface area contributed by atoms with E-state index in [0.29, 0.717) is 29.0 Å². The van der Waals surface area contributed by atoms with Crippen LogP contribution < -0.4 is 5.32 Å². The summed E-state index contributed by atoms with van der Waals surface area (Å²) < 4.78 is 24.5. The van der Waals surface area contributed by atoms with Crippen molar-refractivity contribution in [3.05, 3.63) is 34.3 Å². The van der Waals surface area contributed by atoms with E-state index < -0.39 is 0 Å². The van der Waals surface area contributed by atoms with Gasteiger partial charge in [0.05, 0.1) is 16.6 Å². The predicted octanol–water partition coefficient (Wildman–Crippen LogP) is 2.30. The fourth-order valence-corrected chi connectivity index (χ4v) is 2.31. The third kappa shape index (κ3) is 2.54.